The van der Waals surface area contributed by atoms with Gasteiger partial charge in [0, 0.05) is 30.3 Å². The quantitative estimate of drug-likeness (QED) is 0.610. The average Bonchev–Trinajstić information content (AvgIpc) is 2.77. The molecule has 0 saturated carbocycles. The molecule has 4 rings (SSSR count). The third-order valence-corrected chi connectivity index (χ3v) is 8.49. The van der Waals surface area contributed by atoms with E-state index in [0.29, 0.717) is 29.4 Å². The maximum Gasteiger partial charge on any atom is 0.416 e. The van der Waals surface area contributed by atoms with Crippen molar-refractivity contribution in [3.8, 4) is 0 Å². The smallest absolute Gasteiger partial charge is 0.416 e. The normalized spacial score (nSPS) is 19.5. The third kappa shape index (κ3) is 4.24. The van der Waals surface area contributed by atoms with Crippen molar-refractivity contribution in [2.24, 2.45) is 0 Å². The van der Waals surface area contributed by atoms with Gasteiger partial charge in [-0.05, 0) is 54.0 Å². The van der Waals surface area contributed by atoms with Crippen LogP contribution < -0.4 is 9.21 Å². The molecule has 0 amide bonds. The van der Waals surface area contributed by atoms with Gasteiger partial charge in [0.1, 0.15) is 5.54 Å². The number of nitrogens with zero attached hydrogens (tertiary/aromatic N) is 4. The topological polar surface area (TPSA) is 94.1 Å². The number of aromatic nitrogens is 1. The minimum atomic E-state index is -4.70. The van der Waals surface area contributed by atoms with Crippen molar-refractivity contribution in [3.05, 3.63) is 46.6 Å². The van der Waals surface area contributed by atoms with Gasteiger partial charge in [-0.1, -0.05) is 6.07 Å². The summed E-state index contributed by atoms with van der Waals surface area (Å²) in [4.78, 5) is 19.4. The lowest BCUT2D eigenvalue weighted by molar-refractivity contribution is -0.150. The number of hydrogen-bond acceptors (Lipinski definition) is 6. The average molecular weight is 563 g/mol. The van der Waals surface area contributed by atoms with Gasteiger partial charge in [-0.15, -0.1) is 0 Å². The highest BCUT2D eigenvalue weighted by atomic mass is 79.9. The highest BCUT2D eigenvalue weighted by molar-refractivity contribution is 9.10. The minimum absolute atomic E-state index is 0.0735. The van der Waals surface area contributed by atoms with Gasteiger partial charge < -0.3 is 10.0 Å². The lowest BCUT2D eigenvalue weighted by Gasteiger charge is -2.50. The molecule has 2 aliphatic heterocycles. The van der Waals surface area contributed by atoms with E-state index in [0.717, 1.165) is 22.5 Å². The molecule has 0 unspecified atom stereocenters. The van der Waals surface area contributed by atoms with Crippen LogP contribution in [-0.4, -0.2) is 67.1 Å². The molecule has 2 aliphatic rings. The van der Waals surface area contributed by atoms with Crippen LogP contribution in [-0.2, 0) is 21.0 Å². The Balaban J connectivity index is 1.78. The molecule has 1 aromatic heterocycles. The van der Waals surface area contributed by atoms with Crippen molar-refractivity contribution in [3.63, 3.8) is 0 Å². The van der Waals surface area contributed by atoms with Crippen LogP contribution in [0.15, 0.2) is 45.9 Å². The van der Waals surface area contributed by atoms with E-state index in [2.05, 4.69) is 20.9 Å². The Kier molecular flexibility index (Phi) is 6.10. The number of hydrogen-bond donors (Lipinski definition) is 1. The van der Waals surface area contributed by atoms with Crippen molar-refractivity contribution >= 4 is 43.4 Å². The molecular formula is C21H22BrF3N4O4S. The number of alkyl halides is 3. The summed E-state index contributed by atoms with van der Waals surface area (Å²) >= 11 is 3.29. The number of piperazine rings is 1. The summed E-state index contributed by atoms with van der Waals surface area (Å²) in [7, 11) is -4.38. The lowest BCUT2D eigenvalue weighted by Crippen LogP contribution is -2.65. The van der Waals surface area contributed by atoms with Crippen LogP contribution in [0.1, 0.15) is 19.4 Å². The predicted octanol–water partition coefficient (Wildman–Crippen LogP) is 3.43. The monoisotopic (exact) mass is 562 g/mol. The second-order valence-electron chi connectivity index (χ2n) is 8.72. The van der Waals surface area contributed by atoms with Gasteiger partial charge in [0.2, 0.25) is 0 Å². The molecule has 2 aromatic rings. The summed E-state index contributed by atoms with van der Waals surface area (Å²) < 4.78 is 68.5. The SMILES string of the molecule is CC(C)(C(=O)O)N1CCN2c3ncc(Br)cc3N(S(=O)(=O)c3cccc(C(F)(F)F)c3)C[C@@H]2C1. The molecule has 1 fully saturated rings. The number of sulfonamides is 1. The molecule has 0 radical (unpaired) electrons. The summed E-state index contributed by atoms with van der Waals surface area (Å²) in [5, 5.41) is 9.63. The number of carbonyl (C=O) groups is 1. The number of halogens is 4. The van der Waals surface area contributed by atoms with E-state index >= 15 is 0 Å². The fraction of sp³-hybridized carbons (Fsp3) is 0.429. The van der Waals surface area contributed by atoms with Crippen LogP contribution in [0.5, 0.6) is 0 Å². The van der Waals surface area contributed by atoms with Crippen molar-refractivity contribution < 1.29 is 31.5 Å². The Labute approximate surface area is 203 Å². The number of carboxylic acids is 1. The zero-order valence-corrected chi connectivity index (χ0v) is 20.7. The van der Waals surface area contributed by atoms with E-state index in [1.165, 1.54) is 6.20 Å². The van der Waals surface area contributed by atoms with E-state index < -0.39 is 44.2 Å². The van der Waals surface area contributed by atoms with Crippen LogP contribution in [0, 0.1) is 0 Å². The standard InChI is InChI=1S/C21H22BrF3N4O4S/c1-20(2,19(30)31)27-6-7-28-15(11-27)12-29(17-9-14(22)10-26-18(17)28)34(32,33)16-5-3-4-13(8-16)21(23,24)25/h3-5,8-10,15H,6-7,11-12H2,1-2H3,(H,30,31)/t15-/m0/s1. The molecule has 0 aliphatic carbocycles. The van der Waals surface area contributed by atoms with Crippen molar-refractivity contribution in [2.45, 2.75) is 36.5 Å². The number of pyridine rings is 1. The summed E-state index contributed by atoms with van der Waals surface area (Å²) in [6.07, 6.45) is -3.18. The van der Waals surface area contributed by atoms with Crippen molar-refractivity contribution in [1.29, 1.82) is 0 Å². The minimum Gasteiger partial charge on any atom is -0.480 e. The first kappa shape index (κ1) is 24.7. The number of fused-ring (bicyclic) bond motifs is 3. The van der Waals surface area contributed by atoms with Crippen molar-refractivity contribution in [1.82, 2.24) is 9.88 Å². The Morgan fingerprint density at radius 1 is 1.18 bits per heavy atom. The molecule has 1 N–H and O–H groups in total. The molecule has 1 atom stereocenters. The molecule has 0 spiro atoms. The Bertz CT molecular complexity index is 1240. The fourth-order valence-electron chi connectivity index (χ4n) is 4.24. The van der Waals surface area contributed by atoms with Crippen LogP contribution in [0.3, 0.4) is 0 Å². The van der Waals surface area contributed by atoms with Crippen LogP contribution >= 0.6 is 15.9 Å². The van der Waals surface area contributed by atoms with Crippen molar-refractivity contribution in [2.75, 3.05) is 35.4 Å². The van der Waals surface area contributed by atoms with E-state index in [-0.39, 0.29) is 18.8 Å². The molecule has 1 aromatic carbocycles. The largest absolute Gasteiger partial charge is 0.480 e. The number of rotatable bonds is 4. The first-order valence-electron chi connectivity index (χ1n) is 10.3. The van der Waals surface area contributed by atoms with E-state index in [9.17, 15) is 31.5 Å². The number of carboxylic acid groups (broad SMARTS) is 1. The maximum absolute atomic E-state index is 13.6. The highest BCUT2D eigenvalue weighted by Crippen LogP contribution is 2.41. The highest BCUT2D eigenvalue weighted by Gasteiger charge is 2.45. The first-order chi connectivity index (χ1) is 15.7. The molecule has 1 saturated heterocycles. The number of anilines is 2. The number of aliphatic carboxylic acids is 1. The van der Waals surface area contributed by atoms with Gasteiger partial charge in [-0.25, -0.2) is 13.4 Å². The lowest BCUT2D eigenvalue weighted by atomic mass is 9.98. The fourth-order valence-corrected chi connectivity index (χ4v) is 6.10. The number of benzene rings is 1. The Morgan fingerprint density at radius 3 is 2.53 bits per heavy atom. The second kappa shape index (κ2) is 8.38. The van der Waals surface area contributed by atoms with Crippen LogP contribution in [0.2, 0.25) is 0 Å². The molecule has 184 valence electrons. The van der Waals surface area contributed by atoms with Crippen LogP contribution in [0.25, 0.3) is 0 Å². The van der Waals surface area contributed by atoms with Gasteiger partial charge in [-0.3, -0.25) is 14.0 Å². The second-order valence-corrected chi connectivity index (χ2v) is 11.5. The first-order valence-corrected chi connectivity index (χ1v) is 12.6. The molecular weight excluding hydrogens is 541 g/mol. The zero-order valence-electron chi connectivity index (χ0n) is 18.3. The van der Waals surface area contributed by atoms with Gasteiger partial charge in [0.25, 0.3) is 10.0 Å². The molecule has 8 nitrogen and oxygen atoms in total. The van der Waals surface area contributed by atoms with E-state index in [1.54, 1.807) is 24.8 Å². The van der Waals surface area contributed by atoms with Gasteiger partial charge in [0.05, 0.1) is 28.7 Å². The Hall–Kier alpha value is -2.38. The summed E-state index contributed by atoms with van der Waals surface area (Å²) in [6, 6.07) is 4.74. The summed E-state index contributed by atoms with van der Waals surface area (Å²) in [5.74, 6) is -0.629. The summed E-state index contributed by atoms with van der Waals surface area (Å²) in [6.45, 7) is 4.16. The third-order valence-electron chi connectivity index (χ3n) is 6.28. The molecule has 13 heteroatoms. The molecule has 34 heavy (non-hydrogen) atoms. The van der Waals surface area contributed by atoms with Crippen LogP contribution in [0.4, 0.5) is 24.7 Å². The van der Waals surface area contributed by atoms with E-state index in [1.807, 2.05) is 4.90 Å². The molecule has 0 bridgehead atoms. The van der Waals surface area contributed by atoms with Gasteiger partial charge >= 0.3 is 12.1 Å². The van der Waals surface area contributed by atoms with Gasteiger partial charge in [-0.2, -0.15) is 13.2 Å². The maximum atomic E-state index is 13.6. The molecule has 3 heterocycles. The van der Waals surface area contributed by atoms with E-state index in [4.69, 9.17) is 0 Å². The van der Waals surface area contributed by atoms with Gasteiger partial charge in [0.15, 0.2) is 5.82 Å². The Morgan fingerprint density at radius 2 is 1.88 bits per heavy atom. The zero-order chi connectivity index (χ0) is 25.1. The summed E-state index contributed by atoms with van der Waals surface area (Å²) in [5.41, 5.74) is -2.00. The predicted molar refractivity (Wildman–Crippen MR) is 122 cm³/mol.